The number of carbonyl (C=O) groups is 2. The van der Waals surface area contributed by atoms with Crippen LogP contribution >= 0.6 is 23.4 Å². The van der Waals surface area contributed by atoms with Gasteiger partial charge in [-0.25, -0.2) is 0 Å². The molecule has 3 aromatic rings. The molecule has 1 amide bonds. The van der Waals surface area contributed by atoms with E-state index in [0.717, 1.165) is 11.3 Å². The Morgan fingerprint density at radius 1 is 1.16 bits per heavy atom. The Hall–Kier alpha value is -3.04. The van der Waals surface area contributed by atoms with Gasteiger partial charge in [-0.2, -0.15) is 0 Å². The predicted molar refractivity (Wildman–Crippen MR) is 119 cm³/mol. The molecule has 0 spiro atoms. The molecule has 1 heterocycles. The summed E-state index contributed by atoms with van der Waals surface area (Å²) in [6.07, 6.45) is 0. The molecular formula is C21H21ClN4O4S. The third-order valence-electron chi connectivity index (χ3n) is 4.11. The van der Waals surface area contributed by atoms with E-state index in [4.69, 9.17) is 21.1 Å². The third kappa shape index (κ3) is 5.99. The maximum absolute atomic E-state index is 12.1. The van der Waals surface area contributed by atoms with E-state index in [1.54, 1.807) is 26.2 Å². The molecule has 31 heavy (non-hydrogen) atoms. The highest BCUT2D eigenvalue weighted by atomic mass is 35.5. The number of nitrogens with one attached hydrogen (secondary N) is 1. The van der Waals surface area contributed by atoms with Crippen LogP contribution in [0.25, 0.3) is 17.1 Å². The highest BCUT2D eigenvalue weighted by Crippen LogP contribution is 2.30. The molecule has 2 aromatic carbocycles. The summed E-state index contributed by atoms with van der Waals surface area (Å²) in [6, 6.07) is 14.7. The van der Waals surface area contributed by atoms with Crippen molar-refractivity contribution in [3.8, 4) is 22.8 Å². The lowest BCUT2D eigenvalue weighted by atomic mass is 10.2. The van der Waals surface area contributed by atoms with Crippen LogP contribution in [-0.4, -0.2) is 52.7 Å². The second-order valence-electron chi connectivity index (χ2n) is 6.22. The first kappa shape index (κ1) is 22.6. The first-order chi connectivity index (χ1) is 15.0. The Balaban J connectivity index is 1.85. The van der Waals surface area contributed by atoms with Crippen LogP contribution < -0.4 is 10.1 Å². The van der Waals surface area contributed by atoms with Crippen LogP contribution in [-0.2, 0) is 14.3 Å². The summed E-state index contributed by atoms with van der Waals surface area (Å²) in [5, 5.41) is 12.3. The van der Waals surface area contributed by atoms with Crippen LogP contribution in [0.1, 0.15) is 6.92 Å². The fraction of sp³-hybridized carbons (Fsp3) is 0.238. The summed E-state index contributed by atoms with van der Waals surface area (Å²) in [5.41, 5.74) is 1.60. The number of benzene rings is 2. The fourth-order valence-corrected chi connectivity index (χ4v) is 3.61. The summed E-state index contributed by atoms with van der Waals surface area (Å²) in [7, 11) is 1.60. The number of carbonyl (C=O) groups excluding carboxylic acids is 2. The van der Waals surface area contributed by atoms with Crippen molar-refractivity contribution in [3.05, 3.63) is 53.6 Å². The van der Waals surface area contributed by atoms with Crippen molar-refractivity contribution in [2.24, 2.45) is 0 Å². The number of thioether (sulfide) groups is 1. The second kappa shape index (κ2) is 10.8. The third-order valence-corrected chi connectivity index (χ3v) is 5.29. The number of esters is 1. The molecule has 0 aliphatic carbocycles. The number of methoxy groups -OCH3 is 1. The number of nitrogens with zero attached hydrogens (tertiary/aromatic N) is 3. The molecule has 8 nitrogen and oxygen atoms in total. The Morgan fingerprint density at radius 2 is 1.94 bits per heavy atom. The first-order valence-corrected chi connectivity index (χ1v) is 10.8. The van der Waals surface area contributed by atoms with Gasteiger partial charge in [0.25, 0.3) is 0 Å². The Kier molecular flexibility index (Phi) is 7.91. The molecule has 0 atom stereocenters. The van der Waals surface area contributed by atoms with Crippen LogP contribution in [0.3, 0.4) is 0 Å². The molecule has 10 heteroatoms. The van der Waals surface area contributed by atoms with Gasteiger partial charge in [0, 0.05) is 16.3 Å². The lowest BCUT2D eigenvalue weighted by molar-refractivity contribution is -0.143. The van der Waals surface area contributed by atoms with Crippen molar-refractivity contribution in [1.82, 2.24) is 20.1 Å². The quantitative estimate of drug-likeness (QED) is 0.386. The zero-order chi connectivity index (χ0) is 22.2. The summed E-state index contributed by atoms with van der Waals surface area (Å²) >= 11 is 7.25. The SMILES string of the molecule is CCOC(=O)CNC(=O)CSc1nnc(-c2cccc(OC)c2)n1-c1ccc(Cl)cc1. The zero-order valence-corrected chi connectivity index (χ0v) is 18.6. The average molecular weight is 461 g/mol. The van der Waals surface area contributed by atoms with Gasteiger partial charge in [0.15, 0.2) is 11.0 Å². The molecule has 3 rings (SSSR count). The minimum absolute atomic E-state index is 0.0588. The van der Waals surface area contributed by atoms with Crippen LogP contribution in [0.2, 0.25) is 5.02 Å². The van der Waals surface area contributed by atoms with Crippen molar-refractivity contribution in [3.63, 3.8) is 0 Å². The molecule has 1 aromatic heterocycles. The van der Waals surface area contributed by atoms with Crippen molar-refractivity contribution in [2.45, 2.75) is 12.1 Å². The summed E-state index contributed by atoms with van der Waals surface area (Å²) in [5.74, 6) is 0.548. The maximum atomic E-state index is 12.1. The van der Waals surface area contributed by atoms with E-state index < -0.39 is 5.97 Å². The molecule has 1 N–H and O–H groups in total. The van der Waals surface area contributed by atoms with Crippen LogP contribution in [0.4, 0.5) is 0 Å². The summed E-state index contributed by atoms with van der Waals surface area (Å²) in [4.78, 5) is 23.6. The minimum atomic E-state index is -0.481. The highest BCUT2D eigenvalue weighted by Gasteiger charge is 2.18. The molecule has 0 aliphatic heterocycles. The minimum Gasteiger partial charge on any atom is -0.497 e. The zero-order valence-electron chi connectivity index (χ0n) is 17.0. The molecule has 0 saturated carbocycles. The van der Waals surface area contributed by atoms with Crippen LogP contribution in [0, 0.1) is 0 Å². The van der Waals surface area contributed by atoms with Crippen molar-refractivity contribution >= 4 is 35.2 Å². The summed E-state index contributed by atoms with van der Waals surface area (Å²) < 4.78 is 12.0. The first-order valence-electron chi connectivity index (χ1n) is 9.42. The number of aromatic nitrogens is 3. The van der Waals surface area contributed by atoms with E-state index in [1.807, 2.05) is 41.0 Å². The Labute approximate surface area is 188 Å². The number of hydrogen-bond donors (Lipinski definition) is 1. The number of amides is 1. The molecule has 0 saturated heterocycles. The van der Waals surface area contributed by atoms with Crippen molar-refractivity contribution in [1.29, 1.82) is 0 Å². The van der Waals surface area contributed by atoms with Crippen LogP contribution in [0.5, 0.6) is 5.75 Å². The van der Waals surface area contributed by atoms with Gasteiger partial charge in [0.2, 0.25) is 5.91 Å². The van der Waals surface area contributed by atoms with Gasteiger partial charge in [-0.05, 0) is 43.3 Å². The van der Waals surface area contributed by atoms with E-state index >= 15 is 0 Å². The van der Waals surface area contributed by atoms with Gasteiger partial charge in [-0.1, -0.05) is 35.5 Å². The number of rotatable bonds is 9. The number of hydrogen-bond acceptors (Lipinski definition) is 7. The van der Waals surface area contributed by atoms with E-state index in [-0.39, 0.29) is 24.8 Å². The molecule has 0 radical (unpaired) electrons. The average Bonchev–Trinajstić information content (AvgIpc) is 3.21. The molecule has 162 valence electrons. The fourth-order valence-electron chi connectivity index (χ4n) is 2.70. The molecule has 0 aliphatic rings. The molecule has 0 bridgehead atoms. The standard InChI is InChI=1S/C21H21ClN4O4S/c1-3-30-19(28)12-23-18(27)13-31-21-25-24-20(14-5-4-6-17(11-14)29-2)26(21)16-9-7-15(22)8-10-16/h4-11H,3,12-13H2,1-2H3,(H,23,27). The van der Waals surface area contributed by atoms with Gasteiger partial charge in [0.1, 0.15) is 12.3 Å². The maximum Gasteiger partial charge on any atom is 0.325 e. The van der Waals surface area contributed by atoms with E-state index in [2.05, 4.69) is 15.5 Å². The van der Waals surface area contributed by atoms with Gasteiger partial charge in [-0.3, -0.25) is 14.2 Å². The monoisotopic (exact) mass is 460 g/mol. The Bertz CT molecular complexity index is 1060. The number of ether oxygens (including phenoxy) is 2. The lowest BCUT2D eigenvalue weighted by Crippen LogP contribution is -2.31. The van der Waals surface area contributed by atoms with E-state index in [9.17, 15) is 9.59 Å². The molecule has 0 fully saturated rings. The topological polar surface area (TPSA) is 95.3 Å². The smallest absolute Gasteiger partial charge is 0.325 e. The normalized spacial score (nSPS) is 10.5. The van der Waals surface area contributed by atoms with Gasteiger partial charge in [0.05, 0.1) is 19.5 Å². The van der Waals surface area contributed by atoms with E-state index in [1.165, 1.54) is 11.8 Å². The van der Waals surface area contributed by atoms with Crippen molar-refractivity contribution in [2.75, 3.05) is 26.0 Å². The van der Waals surface area contributed by atoms with Gasteiger partial charge < -0.3 is 14.8 Å². The van der Waals surface area contributed by atoms with Crippen LogP contribution in [0.15, 0.2) is 53.7 Å². The highest BCUT2D eigenvalue weighted by molar-refractivity contribution is 7.99. The molecular weight excluding hydrogens is 440 g/mol. The summed E-state index contributed by atoms with van der Waals surface area (Å²) in [6.45, 7) is 1.80. The second-order valence-corrected chi connectivity index (χ2v) is 7.60. The van der Waals surface area contributed by atoms with E-state index in [0.29, 0.717) is 21.8 Å². The van der Waals surface area contributed by atoms with Crippen molar-refractivity contribution < 1.29 is 19.1 Å². The predicted octanol–water partition coefficient (Wildman–Crippen LogP) is 3.37. The lowest BCUT2D eigenvalue weighted by Gasteiger charge is -2.11. The largest absolute Gasteiger partial charge is 0.497 e. The Morgan fingerprint density at radius 3 is 2.65 bits per heavy atom. The van der Waals surface area contributed by atoms with Gasteiger partial charge in [-0.15, -0.1) is 10.2 Å². The number of halogens is 1. The molecule has 0 unspecified atom stereocenters. The van der Waals surface area contributed by atoms with Gasteiger partial charge >= 0.3 is 5.97 Å².